The molecule has 236 valence electrons. The van der Waals surface area contributed by atoms with Crippen molar-refractivity contribution in [1.82, 2.24) is 4.57 Å². The standard InChI is InChI=1S/C48H34N2/c1-4-13-35(14-5-1)37-23-28-42(29-24-37)49(44-20-12-17-39(33-44)36-15-6-2-7-16-36)43-30-25-38(26-31-43)40-27-32-48-46(34-40)45-21-10-11-22-47(45)50(48)41-18-8-3-9-19-41/h1-34H/i1D,2D,3D,4D,5D,6D,7D,8D,9D,10D,11D,12D,13D,14D,15D,16D,17D,18D,19D,20D,21D,22D,23D,24D,25D,26D,27D,28D,29D,30D,31D,32D,33D,34D. The lowest BCUT2D eigenvalue weighted by molar-refractivity contribution is 1.18. The van der Waals surface area contributed by atoms with Crippen molar-refractivity contribution in [3.8, 4) is 39.1 Å². The molecule has 50 heavy (non-hydrogen) atoms. The Morgan fingerprint density at radius 2 is 0.780 bits per heavy atom. The van der Waals surface area contributed by atoms with Gasteiger partial charge in [-0.15, -0.1) is 0 Å². The summed E-state index contributed by atoms with van der Waals surface area (Å²) in [5.74, 6) is 0. The Labute approximate surface area is 340 Å². The maximum absolute atomic E-state index is 9.70. The van der Waals surface area contributed by atoms with Gasteiger partial charge in [0.05, 0.1) is 57.6 Å². The van der Waals surface area contributed by atoms with Crippen LogP contribution in [0, 0.1) is 0 Å². The number of benzene rings is 8. The molecule has 2 nitrogen and oxygen atoms in total. The number of hydrogen-bond acceptors (Lipinski definition) is 1. The Morgan fingerprint density at radius 1 is 0.320 bits per heavy atom. The zero-order valence-corrected chi connectivity index (χ0v) is 24.9. The van der Waals surface area contributed by atoms with Crippen LogP contribution in [0.25, 0.3) is 60.9 Å². The van der Waals surface area contributed by atoms with Crippen LogP contribution in [0.1, 0.15) is 46.6 Å². The maximum Gasteiger partial charge on any atom is 0.0651 e. The lowest BCUT2D eigenvalue weighted by atomic mass is 10.0. The third-order valence-corrected chi connectivity index (χ3v) is 7.12. The van der Waals surface area contributed by atoms with E-state index in [-0.39, 0.29) is 4.90 Å². The van der Waals surface area contributed by atoms with Crippen molar-refractivity contribution in [3.63, 3.8) is 0 Å². The van der Waals surface area contributed by atoms with Crippen LogP contribution in [0.4, 0.5) is 17.1 Å². The number of fused-ring (bicyclic) bond motifs is 3. The third kappa shape index (κ3) is 5.43. The van der Waals surface area contributed by atoms with Crippen molar-refractivity contribution in [1.29, 1.82) is 0 Å². The first-order valence-corrected chi connectivity index (χ1v) is 14.3. The molecule has 0 spiro atoms. The van der Waals surface area contributed by atoms with E-state index < -0.39 is 283 Å². The maximum atomic E-state index is 9.70. The second-order valence-electron chi connectivity index (χ2n) is 10.0. The highest BCUT2D eigenvalue weighted by atomic mass is 15.1. The highest BCUT2D eigenvalue weighted by Crippen LogP contribution is 2.39. The molecule has 0 unspecified atom stereocenters. The van der Waals surface area contributed by atoms with Gasteiger partial charge in [-0.2, -0.15) is 0 Å². The van der Waals surface area contributed by atoms with Gasteiger partial charge in [-0.3, -0.25) is 0 Å². The van der Waals surface area contributed by atoms with Crippen LogP contribution in [0.3, 0.4) is 0 Å². The average Bonchev–Trinajstić information content (AvgIpc) is 1.45. The molecule has 0 N–H and O–H groups in total. The number of para-hydroxylation sites is 2. The number of anilines is 3. The van der Waals surface area contributed by atoms with Gasteiger partial charge in [-0.25, -0.2) is 0 Å². The van der Waals surface area contributed by atoms with Gasteiger partial charge in [0, 0.05) is 33.5 Å². The molecule has 0 aliphatic rings. The van der Waals surface area contributed by atoms with Crippen molar-refractivity contribution >= 4 is 38.9 Å². The predicted octanol–water partition coefficient (Wildman–Crippen LogP) is 13.3. The normalized spacial score (nSPS) is 20.7. The molecule has 2 heteroatoms. The van der Waals surface area contributed by atoms with E-state index in [1.165, 1.54) is 0 Å². The van der Waals surface area contributed by atoms with E-state index in [1.807, 2.05) is 0 Å². The monoisotopic (exact) mass is 672 g/mol. The fourth-order valence-corrected chi connectivity index (χ4v) is 4.96. The summed E-state index contributed by atoms with van der Waals surface area (Å²) in [6, 6.07) is -37.1. The molecule has 0 radical (unpaired) electrons. The Hall–Kier alpha value is -6.64. The molecule has 9 aromatic rings. The van der Waals surface area contributed by atoms with Crippen LogP contribution in [0.15, 0.2) is 205 Å². The summed E-state index contributed by atoms with van der Waals surface area (Å²) >= 11 is 0. The molecule has 8 aromatic carbocycles. The predicted molar refractivity (Wildman–Crippen MR) is 212 cm³/mol. The zero-order chi connectivity index (χ0) is 62.9. The van der Waals surface area contributed by atoms with Crippen LogP contribution in [0.5, 0.6) is 0 Å². The van der Waals surface area contributed by atoms with E-state index >= 15 is 0 Å². The van der Waals surface area contributed by atoms with Gasteiger partial charge < -0.3 is 9.47 Å². The minimum atomic E-state index is -1.38. The summed E-state index contributed by atoms with van der Waals surface area (Å²) in [5.41, 5.74) is -11.6. The quantitative estimate of drug-likeness (QED) is 0.164. The average molecular weight is 673 g/mol. The topological polar surface area (TPSA) is 8.17 Å². The summed E-state index contributed by atoms with van der Waals surface area (Å²) in [7, 11) is 0. The summed E-state index contributed by atoms with van der Waals surface area (Å²) < 4.78 is 304. The van der Waals surface area contributed by atoms with Crippen LogP contribution in [-0.2, 0) is 0 Å². The molecule has 0 aliphatic carbocycles. The molecule has 0 fully saturated rings. The largest absolute Gasteiger partial charge is 0.310 e. The van der Waals surface area contributed by atoms with Crippen LogP contribution in [0.2, 0.25) is 0 Å². The van der Waals surface area contributed by atoms with Crippen molar-refractivity contribution in [2.24, 2.45) is 0 Å². The first-order chi connectivity index (χ1) is 39.0. The second-order valence-corrected chi connectivity index (χ2v) is 10.0. The summed E-state index contributed by atoms with van der Waals surface area (Å²) in [4.78, 5) is 0.240. The van der Waals surface area contributed by atoms with Gasteiger partial charge in [0.25, 0.3) is 0 Å². The Bertz CT molecular complexity index is 4400. The van der Waals surface area contributed by atoms with Gasteiger partial charge in [0.1, 0.15) is 0 Å². The molecule has 1 heterocycles. The van der Waals surface area contributed by atoms with Crippen molar-refractivity contribution in [2.75, 3.05) is 4.90 Å². The smallest absolute Gasteiger partial charge is 0.0651 e. The van der Waals surface area contributed by atoms with Crippen LogP contribution in [-0.4, -0.2) is 4.57 Å². The van der Waals surface area contributed by atoms with E-state index in [0.29, 0.717) is 4.57 Å². The van der Waals surface area contributed by atoms with Gasteiger partial charge >= 0.3 is 0 Å². The number of rotatable bonds is 7. The first-order valence-electron chi connectivity index (χ1n) is 31.3. The molecule has 0 amide bonds. The number of nitrogens with zero attached hydrogens (tertiary/aromatic N) is 2. The molecule has 0 bridgehead atoms. The SMILES string of the molecule is [2H]c1c([2H])c([2H])c(-c2c([2H])c([2H])c(N(c3c([2H])c([2H])c(-c4c([2H])c([2H])c5c(c4[2H])c4c([2H])c([2H])c([2H])c([2H])c4n5-c4c([2H])c([2H])c([2H])c([2H])c4[2H])c([2H])c3[2H])c3c([2H])c([2H])c([2H])c(-c4c([2H])c([2H])c([2H])c([2H])c4[2H])c3[2H])c([2H])c2[2H])c([2H])c1[2H]. The second kappa shape index (κ2) is 12.8. The lowest BCUT2D eigenvalue weighted by Crippen LogP contribution is -2.10. The lowest BCUT2D eigenvalue weighted by Gasteiger charge is -2.26. The molecule has 0 aliphatic heterocycles. The van der Waals surface area contributed by atoms with E-state index in [9.17, 15) is 17.8 Å². The van der Waals surface area contributed by atoms with Gasteiger partial charge in [-0.1, -0.05) is 139 Å². The highest BCUT2D eigenvalue weighted by Gasteiger charge is 2.16. The zero-order valence-electron chi connectivity index (χ0n) is 58.9. The van der Waals surface area contributed by atoms with Crippen LogP contribution < -0.4 is 4.90 Å². The van der Waals surface area contributed by atoms with Crippen LogP contribution >= 0.6 is 0 Å². The Kier molecular flexibility index (Phi) is 2.72. The van der Waals surface area contributed by atoms with E-state index in [2.05, 4.69) is 0 Å². The number of hydrogen-bond donors (Lipinski definition) is 0. The molecule has 0 saturated carbocycles. The minimum absolute atomic E-state index is 0.240. The third-order valence-electron chi connectivity index (χ3n) is 7.12. The van der Waals surface area contributed by atoms with E-state index in [0.717, 1.165) is 0 Å². The Balaban J connectivity index is 1.47. The fraction of sp³-hybridized carbons (Fsp3) is 0. The molecular formula is C48H34N2. The summed E-state index contributed by atoms with van der Waals surface area (Å²) in [5, 5.41) is -1.33. The molecule has 9 rings (SSSR count). The number of aromatic nitrogens is 1. The van der Waals surface area contributed by atoms with Gasteiger partial charge in [0.2, 0.25) is 0 Å². The van der Waals surface area contributed by atoms with E-state index in [4.69, 9.17) is 28.8 Å². The van der Waals surface area contributed by atoms with Gasteiger partial charge in [0.15, 0.2) is 0 Å². The van der Waals surface area contributed by atoms with Gasteiger partial charge in [-0.05, 0) is 99.8 Å². The molecular weight excluding hydrogens is 605 g/mol. The minimum Gasteiger partial charge on any atom is -0.310 e. The van der Waals surface area contributed by atoms with E-state index in [1.54, 1.807) is 0 Å². The van der Waals surface area contributed by atoms with Crippen molar-refractivity contribution in [2.45, 2.75) is 0 Å². The summed E-state index contributed by atoms with van der Waals surface area (Å²) in [6.45, 7) is 0. The fourth-order valence-electron chi connectivity index (χ4n) is 4.96. The highest BCUT2D eigenvalue weighted by molar-refractivity contribution is 6.10. The Morgan fingerprint density at radius 3 is 1.44 bits per heavy atom. The summed E-state index contributed by atoms with van der Waals surface area (Å²) in [6.07, 6.45) is 0. The molecule has 0 atom stereocenters. The van der Waals surface area contributed by atoms with Crippen molar-refractivity contribution < 1.29 is 46.6 Å². The first kappa shape index (κ1) is 10.7. The molecule has 1 aromatic heterocycles. The molecule has 0 saturated heterocycles. The van der Waals surface area contributed by atoms with Crippen molar-refractivity contribution in [3.05, 3.63) is 205 Å².